The molecule has 0 aliphatic rings. The molecule has 0 amide bonds. The Bertz CT molecular complexity index is 1580. The molecule has 5 aromatic heterocycles. The molecule has 32 heavy (non-hydrogen) atoms. The third-order valence-corrected chi connectivity index (χ3v) is 5.37. The number of fused-ring (bicyclic) bond motifs is 2. The fourth-order valence-electron chi connectivity index (χ4n) is 3.96. The van der Waals surface area contributed by atoms with Crippen LogP contribution in [-0.4, -0.2) is 35.1 Å². The Kier molecular flexibility index (Phi) is 4.04. The molecule has 5 heterocycles. The van der Waals surface area contributed by atoms with Crippen molar-refractivity contribution in [1.29, 1.82) is 0 Å². The van der Waals surface area contributed by atoms with Gasteiger partial charge in [0.05, 0.1) is 23.1 Å². The van der Waals surface area contributed by atoms with Crippen molar-refractivity contribution in [2.24, 2.45) is 0 Å². The highest BCUT2D eigenvalue weighted by Gasteiger charge is 2.16. The van der Waals surface area contributed by atoms with Crippen LogP contribution >= 0.6 is 0 Å². The zero-order chi connectivity index (χ0) is 21.7. The molecule has 8 heteroatoms. The normalized spacial score (nSPS) is 11.4. The van der Waals surface area contributed by atoms with Crippen LogP contribution in [0.5, 0.6) is 0 Å². The standard InChI is InChI=1S/C24H16FN7/c1-13-8-14(10-15(25)9-13)16-4-5-28-24-17(16)11-20(30-24)23-22-19(31-32-23)3-2-18(29-22)21-12-26-6-7-27-21/h2-12H,1H3,(H,28,30)(H,31,32). The summed E-state index contributed by atoms with van der Waals surface area (Å²) in [4.78, 5) is 21.0. The molecule has 0 saturated carbocycles. The monoisotopic (exact) mass is 421 g/mol. The lowest BCUT2D eigenvalue weighted by Crippen LogP contribution is -1.89. The van der Waals surface area contributed by atoms with Gasteiger partial charge in [-0.1, -0.05) is 6.07 Å². The molecular formula is C24H16FN7. The highest BCUT2D eigenvalue weighted by Crippen LogP contribution is 2.33. The number of hydrogen-bond acceptors (Lipinski definition) is 5. The van der Waals surface area contributed by atoms with Crippen molar-refractivity contribution in [2.45, 2.75) is 6.92 Å². The first kappa shape index (κ1) is 18.3. The van der Waals surface area contributed by atoms with E-state index in [0.29, 0.717) is 28.2 Å². The Balaban J connectivity index is 1.52. The topological polar surface area (TPSA) is 96.0 Å². The highest BCUT2D eigenvalue weighted by atomic mass is 19.1. The number of aryl methyl sites for hydroxylation is 1. The zero-order valence-corrected chi connectivity index (χ0v) is 17.0. The summed E-state index contributed by atoms with van der Waals surface area (Å²) in [6.45, 7) is 1.88. The molecule has 154 valence electrons. The van der Waals surface area contributed by atoms with E-state index < -0.39 is 0 Å². The number of benzene rings is 1. The average Bonchev–Trinajstić information content (AvgIpc) is 3.42. The average molecular weight is 421 g/mol. The molecule has 0 aliphatic heterocycles. The fourth-order valence-corrected chi connectivity index (χ4v) is 3.96. The summed E-state index contributed by atoms with van der Waals surface area (Å²) in [5.41, 5.74) is 7.60. The van der Waals surface area contributed by atoms with Gasteiger partial charge in [-0.15, -0.1) is 0 Å². The number of pyridine rings is 2. The van der Waals surface area contributed by atoms with E-state index >= 15 is 0 Å². The van der Waals surface area contributed by atoms with Crippen LogP contribution in [0.15, 0.2) is 67.3 Å². The van der Waals surface area contributed by atoms with Crippen molar-refractivity contribution in [2.75, 3.05) is 0 Å². The van der Waals surface area contributed by atoms with Crippen LogP contribution in [0.1, 0.15) is 5.56 Å². The number of aromatic nitrogens is 7. The Morgan fingerprint density at radius 1 is 0.906 bits per heavy atom. The van der Waals surface area contributed by atoms with Gasteiger partial charge in [0.25, 0.3) is 0 Å². The van der Waals surface area contributed by atoms with Crippen molar-refractivity contribution in [3.05, 3.63) is 78.6 Å². The third kappa shape index (κ3) is 3.01. The molecule has 7 nitrogen and oxygen atoms in total. The summed E-state index contributed by atoms with van der Waals surface area (Å²) in [7, 11) is 0. The quantitative estimate of drug-likeness (QED) is 0.416. The molecule has 1 aromatic carbocycles. The van der Waals surface area contributed by atoms with Crippen molar-refractivity contribution in [1.82, 2.24) is 35.1 Å². The number of hydrogen-bond donors (Lipinski definition) is 2. The van der Waals surface area contributed by atoms with Crippen LogP contribution in [0.25, 0.3) is 56.0 Å². The van der Waals surface area contributed by atoms with Gasteiger partial charge in [-0.25, -0.2) is 14.4 Å². The first-order valence-electron chi connectivity index (χ1n) is 10.0. The Hall–Kier alpha value is -4.46. The van der Waals surface area contributed by atoms with Crippen LogP contribution < -0.4 is 0 Å². The Morgan fingerprint density at radius 2 is 1.84 bits per heavy atom. The second-order valence-electron chi connectivity index (χ2n) is 7.58. The van der Waals surface area contributed by atoms with Gasteiger partial charge in [-0.05, 0) is 60.0 Å². The van der Waals surface area contributed by atoms with Gasteiger partial charge in [0.2, 0.25) is 0 Å². The van der Waals surface area contributed by atoms with Crippen molar-refractivity contribution in [3.8, 4) is 33.9 Å². The predicted molar refractivity (Wildman–Crippen MR) is 120 cm³/mol. The Morgan fingerprint density at radius 3 is 2.69 bits per heavy atom. The van der Waals surface area contributed by atoms with Gasteiger partial charge in [0, 0.05) is 24.0 Å². The Labute approximate surface area is 181 Å². The van der Waals surface area contributed by atoms with Gasteiger partial charge in [-0.3, -0.25) is 15.1 Å². The van der Waals surface area contributed by atoms with E-state index in [1.807, 2.05) is 37.3 Å². The lowest BCUT2D eigenvalue weighted by molar-refractivity contribution is 0.627. The zero-order valence-electron chi connectivity index (χ0n) is 17.0. The van der Waals surface area contributed by atoms with E-state index in [2.05, 4.69) is 30.1 Å². The smallest absolute Gasteiger partial charge is 0.138 e. The van der Waals surface area contributed by atoms with Crippen LogP contribution in [0.4, 0.5) is 4.39 Å². The molecule has 0 fully saturated rings. The molecule has 0 unspecified atom stereocenters. The van der Waals surface area contributed by atoms with E-state index in [1.165, 1.54) is 12.1 Å². The number of aromatic amines is 2. The molecule has 2 N–H and O–H groups in total. The summed E-state index contributed by atoms with van der Waals surface area (Å²) >= 11 is 0. The SMILES string of the molecule is Cc1cc(F)cc(-c2ccnc3[nH]c(-c4n[nH]c5ccc(-c6cnccn6)nc45)cc23)c1. The number of halogens is 1. The predicted octanol–water partition coefficient (Wildman–Crippen LogP) is 5.07. The molecular weight excluding hydrogens is 405 g/mol. The van der Waals surface area contributed by atoms with Crippen LogP contribution in [0, 0.1) is 12.7 Å². The van der Waals surface area contributed by atoms with Gasteiger partial charge >= 0.3 is 0 Å². The molecule has 0 bridgehead atoms. The van der Waals surface area contributed by atoms with Crippen LogP contribution in [-0.2, 0) is 0 Å². The molecule has 0 atom stereocenters. The lowest BCUT2D eigenvalue weighted by atomic mass is 10.0. The van der Waals surface area contributed by atoms with Crippen molar-refractivity contribution < 1.29 is 4.39 Å². The van der Waals surface area contributed by atoms with Crippen molar-refractivity contribution in [3.63, 3.8) is 0 Å². The second kappa shape index (κ2) is 7.05. The second-order valence-corrected chi connectivity index (χ2v) is 7.58. The first-order valence-corrected chi connectivity index (χ1v) is 10.0. The first-order chi connectivity index (χ1) is 15.7. The molecule has 6 aromatic rings. The summed E-state index contributed by atoms with van der Waals surface area (Å²) < 4.78 is 14.0. The molecule has 0 radical (unpaired) electrons. The summed E-state index contributed by atoms with van der Waals surface area (Å²) in [5, 5.41) is 8.40. The number of rotatable bonds is 3. The lowest BCUT2D eigenvalue weighted by Gasteiger charge is -2.05. The van der Waals surface area contributed by atoms with Crippen LogP contribution in [0.3, 0.4) is 0 Å². The minimum atomic E-state index is -0.264. The van der Waals surface area contributed by atoms with Gasteiger partial charge in [0.15, 0.2) is 0 Å². The number of nitrogens with one attached hydrogen (secondary N) is 2. The van der Waals surface area contributed by atoms with E-state index in [1.54, 1.807) is 24.8 Å². The molecule has 0 saturated heterocycles. The van der Waals surface area contributed by atoms with Crippen LogP contribution in [0.2, 0.25) is 0 Å². The minimum Gasteiger partial charge on any atom is -0.338 e. The maximum atomic E-state index is 14.0. The molecule has 6 rings (SSSR count). The minimum absolute atomic E-state index is 0.264. The highest BCUT2D eigenvalue weighted by molar-refractivity contribution is 5.99. The largest absolute Gasteiger partial charge is 0.338 e. The van der Waals surface area contributed by atoms with E-state index in [-0.39, 0.29) is 5.82 Å². The molecule has 0 spiro atoms. The summed E-state index contributed by atoms with van der Waals surface area (Å²) in [5.74, 6) is -0.264. The number of H-pyrrole nitrogens is 2. The number of nitrogens with zero attached hydrogens (tertiary/aromatic N) is 5. The van der Waals surface area contributed by atoms with Gasteiger partial charge < -0.3 is 4.98 Å². The summed E-state index contributed by atoms with van der Waals surface area (Å²) in [6, 6.07) is 12.7. The maximum absolute atomic E-state index is 14.0. The molecule has 0 aliphatic carbocycles. The third-order valence-electron chi connectivity index (χ3n) is 5.37. The van der Waals surface area contributed by atoms with Crippen molar-refractivity contribution >= 4 is 22.1 Å². The van der Waals surface area contributed by atoms with E-state index in [0.717, 1.165) is 33.3 Å². The van der Waals surface area contributed by atoms with E-state index in [4.69, 9.17) is 4.98 Å². The van der Waals surface area contributed by atoms with E-state index in [9.17, 15) is 4.39 Å². The fraction of sp³-hybridized carbons (Fsp3) is 0.0417. The summed E-state index contributed by atoms with van der Waals surface area (Å²) in [6.07, 6.45) is 6.65. The van der Waals surface area contributed by atoms with Gasteiger partial charge in [0.1, 0.15) is 28.4 Å². The maximum Gasteiger partial charge on any atom is 0.138 e. The van der Waals surface area contributed by atoms with Gasteiger partial charge in [-0.2, -0.15) is 5.10 Å².